The highest BCUT2D eigenvalue weighted by Gasteiger charge is 2.56. The predicted octanol–water partition coefficient (Wildman–Crippen LogP) is 5.03. The van der Waals surface area contributed by atoms with Crippen LogP contribution < -0.4 is 0 Å². The number of hydrogen-bond acceptors (Lipinski definition) is 2. The Balaban J connectivity index is 1.94. The number of nitrogens with zero attached hydrogens (tertiary/aromatic N) is 3. The Kier molecular flexibility index (Phi) is 6.02. The summed E-state index contributed by atoms with van der Waals surface area (Å²) in [5.74, 6) is 1.15. The van der Waals surface area contributed by atoms with Crippen molar-refractivity contribution in [3.8, 4) is 0 Å². The van der Waals surface area contributed by atoms with Crippen LogP contribution in [-0.4, -0.2) is 60.7 Å². The van der Waals surface area contributed by atoms with E-state index < -0.39 is 5.60 Å². The van der Waals surface area contributed by atoms with Crippen molar-refractivity contribution in [2.24, 2.45) is 17.8 Å². The van der Waals surface area contributed by atoms with E-state index in [0.717, 1.165) is 38.5 Å². The molecule has 28 heavy (non-hydrogen) atoms. The molecule has 0 radical (unpaired) electrons. The van der Waals surface area contributed by atoms with Gasteiger partial charge in [0.25, 0.3) is 0 Å². The lowest BCUT2D eigenvalue weighted by molar-refractivity contribution is -0.149. The first-order valence-electron chi connectivity index (χ1n) is 11.2. The van der Waals surface area contributed by atoms with Gasteiger partial charge >= 0.3 is 0 Å². The molecule has 1 N–H and O–H groups in total. The Hall–Kier alpha value is -0.200. The van der Waals surface area contributed by atoms with Crippen molar-refractivity contribution in [2.45, 2.75) is 108 Å². The van der Waals surface area contributed by atoms with Gasteiger partial charge in [-0.05, 0) is 57.8 Å². The minimum atomic E-state index is -0.744. The molecule has 0 aromatic heterocycles. The third-order valence-electron chi connectivity index (χ3n) is 8.90. The Labute approximate surface area is 172 Å². The second-order valence-electron chi connectivity index (χ2n) is 10.8. The topological polar surface area (TPSA) is 71.8 Å². The van der Waals surface area contributed by atoms with Crippen LogP contribution in [0.3, 0.4) is 0 Å². The van der Waals surface area contributed by atoms with Crippen LogP contribution in [0.15, 0.2) is 0 Å². The Morgan fingerprint density at radius 3 is 2.14 bits per heavy atom. The summed E-state index contributed by atoms with van der Waals surface area (Å²) >= 11 is 0. The average Bonchev–Trinajstić information content (AvgIpc) is 3.05. The van der Waals surface area contributed by atoms with Crippen LogP contribution in [0.25, 0.3) is 16.0 Å². The Bertz CT molecular complexity index is 566. The second-order valence-corrected chi connectivity index (χ2v) is 10.8. The van der Waals surface area contributed by atoms with E-state index in [-0.39, 0.29) is 28.8 Å². The van der Waals surface area contributed by atoms with E-state index in [9.17, 15) is 5.11 Å². The van der Waals surface area contributed by atoms with Crippen molar-refractivity contribution in [3.63, 3.8) is 0 Å². The number of rotatable bonds is 5. The first-order valence-corrected chi connectivity index (χ1v) is 11.2. The van der Waals surface area contributed by atoms with Gasteiger partial charge in [-0.2, -0.15) is 21.1 Å². The van der Waals surface area contributed by atoms with Gasteiger partial charge in [-0.1, -0.05) is 33.1 Å². The molecule has 2 aliphatic carbocycles. The molecule has 0 unspecified atom stereocenters. The van der Waals surface area contributed by atoms with Crippen LogP contribution in [0.2, 0.25) is 0 Å². The smallest absolute Gasteiger partial charge is 0.0688 e. The molecule has 164 valence electrons. The number of fused-ring (bicyclic) bond motifs is 1. The van der Waals surface area contributed by atoms with E-state index in [4.69, 9.17) is 15.4 Å². The number of hydrogen-bond donors (Lipinski definition) is 1. The highest BCUT2D eigenvalue weighted by molar-refractivity contribution is 5.22. The first-order chi connectivity index (χ1) is 12.9. The van der Waals surface area contributed by atoms with Crippen LogP contribution in [0.5, 0.6) is 0 Å². The van der Waals surface area contributed by atoms with Crippen molar-refractivity contribution in [3.05, 3.63) is 16.0 Å². The number of likely N-dealkylation sites (N-methyl/N-ethyl adjacent to an activating group) is 2. The van der Waals surface area contributed by atoms with Crippen LogP contribution in [0.4, 0.5) is 0 Å². The lowest BCUT2D eigenvalue weighted by atomic mass is 9.51. The van der Waals surface area contributed by atoms with Gasteiger partial charge in [-0.3, -0.25) is 0 Å². The molecular weight excluding hydrogens is 350 g/mol. The van der Waals surface area contributed by atoms with Crippen LogP contribution in [0, 0.1) is 17.8 Å². The largest absolute Gasteiger partial charge is 0.660 e. The first kappa shape index (κ1) is 22.5. The van der Waals surface area contributed by atoms with Crippen LogP contribution in [-0.2, 0) is 4.74 Å². The summed E-state index contributed by atoms with van der Waals surface area (Å²) in [6, 6.07) is -0.0547. The Morgan fingerprint density at radius 1 is 0.929 bits per heavy atom. The molecular formula is C23H42N3O2-3. The van der Waals surface area contributed by atoms with Crippen molar-refractivity contribution >= 4 is 0 Å². The quantitative estimate of drug-likeness (QED) is 0.713. The highest BCUT2D eigenvalue weighted by atomic mass is 16.5. The molecule has 3 fully saturated rings. The van der Waals surface area contributed by atoms with Gasteiger partial charge in [0.05, 0.1) is 5.60 Å². The van der Waals surface area contributed by atoms with E-state index in [1.807, 2.05) is 28.1 Å². The third-order valence-corrected chi connectivity index (χ3v) is 8.90. The van der Waals surface area contributed by atoms with Gasteiger partial charge in [-0.15, -0.1) is 17.1 Å². The molecule has 0 aromatic carbocycles. The predicted molar refractivity (Wildman–Crippen MR) is 116 cm³/mol. The van der Waals surface area contributed by atoms with E-state index >= 15 is 0 Å². The summed E-state index contributed by atoms with van der Waals surface area (Å²) in [6.45, 7) is 11.0. The van der Waals surface area contributed by atoms with Crippen molar-refractivity contribution in [1.82, 2.24) is 0 Å². The summed E-state index contributed by atoms with van der Waals surface area (Å²) in [4.78, 5) is 0. The molecule has 0 aromatic rings. The molecule has 0 spiro atoms. The monoisotopic (exact) mass is 392 g/mol. The molecule has 5 heteroatoms. The molecule has 3 aliphatic rings. The summed E-state index contributed by atoms with van der Waals surface area (Å²) in [6.07, 6.45) is 6.27. The summed E-state index contributed by atoms with van der Waals surface area (Å²) < 4.78 is 6.81. The lowest BCUT2D eigenvalue weighted by Crippen LogP contribution is -2.62. The standard InChI is InChI=1S/C23H42N3O2/c1-20(2,25-7)17-11-14-23(5,28-17)16-9-12-21(3,26-8)15-10-13-22(4,27)19(24-6)18(15)16/h15-19,27H,9-14H2,1-8H3/q-3/t15-,16+,17-,18+,19+,21-,22+,23+/m0/s1. The van der Waals surface area contributed by atoms with Gasteiger partial charge in [0, 0.05) is 11.7 Å². The molecule has 0 bridgehead atoms. The van der Waals surface area contributed by atoms with Gasteiger partial charge in [0.1, 0.15) is 0 Å². The maximum Gasteiger partial charge on any atom is 0.0688 e. The minimum absolute atomic E-state index is 0.0208. The fraction of sp³-hybridized carbons (Fsp3) is 1.00. The maximum atomic E-state index is 11.2. The van der Waals surface area contributed by atoms with Crippen molar-refractivity contribution in [2.75, 3.05) is 21.1 Å². The van der Waals surface area contributed by atoms with Crippen molar-refractivity contribution in [1.29, 1.82) is 0 Å². The maximum absolute atomic E-state index is 11.2. The second kappa shape index (κ2) is 7.49. The normalized spacial score (nSPS) is 49.8. The van der Waals surface area contributed by atoms with Gasteiger partial charge in [0.15, 0.2) is 0 Å². The molecule has 8 atom stereocenters. The highest BCUT2D eigenvalue weighted by Crippen LogP contribution is 2.59. The zero-order chi connectivity index (χ0) is 21.0. The van der Waals surface area contributed by atoms with Gasteiger partial charge in [-0.25, -0.2) is 0 Å². The van der Waals surface area contributed by atoms with Crippen LogP contribution in [0.1, 0.15) is 73.1 Å². The average molecular weight is 393 g/mol. The molecule has 1 aliphatic heterocycles. The minimum Gasteiger partial charge on any atom is -0.660 e. The molecule has 3 rings (SSSR count). The zero-order valence-corrected chi connectivity index (χ0v) is 19.3. The summed E-state index contributed by atoms with van der Waals surface area (Å²) in [5, 5.41) is 25.4. The summed E-state index contributed by atoms with van der Waals surface area (Å²) in [7, 11) is 5.75. The Morgan fingerprint density at radius 2 is 1.57 bits per heavy atom. The van der Waals surface area contributed by atoms with E-state index in [1.165, 1.54) is 0 Å². The molecule has 1 heterocycles. The number of aliphatic hydroxyl groups is 1. The third kappa shape index (κ3) is 3.56. The SMILES string of the molecule is C[N-][C@@H]1[C@H]2[C@H]([C@@]3(C)CC[C@@H](C(C)(C)[N-]C)O3)CC[C@](C)([N-]C)[C@H]2CC[C@@]1(C)O. The molecule has 0 amide bonds. The van der Waals surface area contributed by atoms with E-state index in [2.05, 4.69) is 33.0 Å². The lowest BCUT2D eigenvalue weighted by Gasteiger charge is -2.67. The fourth-order valence-electron chi connectivity index (χ4n) is 6.69. The zero-order valence-electron chi connectivity index (χ0n) is 19.3. The van der Waals surface area contributed by atoms with Crippen LogP contribution >= 0.6 is 0 Å². The van der Waals surface area contributed by atoms with E-state index in [0.29, 0.717) is 17.8 Å². The molecule has 2 saturated carbocycles. The molecule has 5 nitrogen and oxygen atoms in total. The fourth-order valence-corrected chi connectivity index (χ4v) is 6.69. The molecule has 1 saturated heterocycles. The van der Waals surface area contributed by atoms with E-state index in [1.54, 1.807) is 0 Å². The number of ether oxygens (including phenoxy) is 1. The van der Waals surface area contributed by atoms with Gasteiger partial charge in [0.2, 0.25) is 0 Å². The van der Waals surface area contributed by atoms with Crippen molar-refractivity contribution < 1.29 is 9.84 Å². The van der Waals surface area contributed by atoms with Gasteiger partial charge < -0.3 is 25.8 Å². The summed E-state index contributed by atoms with van der Waals surface area (Å²) in [5.41, 5.74) is -1.10.